The summed E-state index contributed by atoms with van der Waals surface area (Å²) in [6.07, 6.45) is 1.59. The molecule has 1 heterocycles. The Morgan fingerprint density at radius 2 is 2.31 bits per heavy atom. The third-order valence-corrected chi connectivity index (χ3v) is 3.17. The largest absolute Gasteiger partial charge is 0.493 e. The standard InChI is InChI=1S/C13H16O3/c1-9(13(14)15)6-7-10-8-16-12-5-3-2-4-11(10)12/h2-5,9-10H,6-8H2,1H3,(H,14,15). The number of carboxylic acid groups (broad SMARTS) is 1. The van der Waals surface area contributed by atoms with Crippen molar-refractivity contribution in [3.05, 3.63) is 29.8 Å². The number of hydrogen-bond acceptors (Lipinski definition) is 2. The van der Waals surface area contributed by atoms with Gasteiger partial charge in [0.15, 0.2) is 0 Å². The molecule has 0 amide bonds. The molecule has 0 spiro atoms. The summed E-state index contributed by atoms with van der Waals surface area (Å²) in [5.74, 6) is 0.327. The Morgan fingerprint density at radius 1 is 1.56 bits per heavy atom. The molecule has 0 aliphatic carbocycles. The maximum absolute atomic E-state index is 10.7. The molecule has 0 saturated heterocycles. The Kier molecular flexibility index (Phi) is 3.13. The number of carbonyl (C=O) groups is 1. The average molecular weight is 220 g/mol. The van der Waals surface area contributed by atoms with Gasteiger partial charge in [-0.05, 0) is 18.9 Å². The number of ether oxygens (including phenoxy) is 1. The first-order valence-corrected chi connectivity index (χ1v) is 5.63. The van der Waals surface area contributed by atoms with E-state index in [1.807, 2.05) is 18.2 Å². The van der Waals surface area contributed by atoms with E-state index in [1.54, 1.807) is 6.92 Å². The van der Waals surface area contributed by atoms with Gasteiger partial charge in [0.1, 0.15) is 5.75 Å². The van der Waals surface area contributed by atoms with Crippen molar-refractivity contribution in [1.29, 1.82) is 0 Å². The van der Waals surface area contributed by atoms with Crippen LogP contribution in [-0.2, 0) is 4.79 Å². The summed E-state index contributed by atoms with van der Waals surface area (Å²) in [6, 6.07) is 8.00. The summed E-state index contributed by atoms with van der Waals surface area (Å²) in [4.78, 5) is 10.7. The minimum atomic E-state index is -0.716. The van der Waals surface area contributed by atoms with Gasteiger partial charge in [-0.25, -0.2) is 0 Å². The van der Waals surface area contributed by atoms with Crippen molar-refractivity contribution in [1.82, 2.24) is 0 Å². The van der Waals surface area contributed by atoms with Gasteiger partial charge in [0.05, 0.1) is 12.5 Å². The van der Waals surface area contributed by atoms with E-state index in [4.69, 9.17) is 9.84 Å². The first kappa shape index (κ1) is 11.0. The van der Waals surface area contributed by atoms with Gasteiger partial charge >= 0.3 is 5.97 Å². The number of fused-ring (bicyclic) bond motifs is 1. The van der Waals surface area contributed by atoms with E-state index in [2.05, 4.69) is 6.07 Å². The molecule has 2 unspecified atom stereocenters. The maximum Gasteiger partial charge on any atom is 0.306 e. The van der Waals surface area contributed by atoms with Gasteiger partial charge in [0.25, 0.3) is 0 Å². The molecule has 0 saturated carbocycles. The highest BCUT2D eigenvalue weighted by Crippen LogP contribution is 2.36. The summed E-state index contributed by atoms with van der Waals surface area (Å²) in [6.45, 7) is 2.44. The van der Waals surface area contributed by atoms with E-state index >= 15 is 0 Å². The maximum atomic E-state index is 10.7. The number of para-hydroxylation sites is 1. The van der Waals surface area contributed by atoms with Gasteiger partial charge in [-0.3, -0.25) is 4.79 Å². The van der Waals surface area contributed by atoms with E-state index in [-0.39, 0.29) is 5.92 Å². The van der Waals surface area contributed by atoms with Crippen LogP contribution in [-0.4, -0.2) is 17.7 Å². The van der Waals surface area contributed by atoms with Crippen LogP contribution in [0.2, 0.25) is 0 Å². The van der Waals surface area contributed by atoms with E-state index in [0.29, 0.717) is 18.9 Å². The van der Waals surface area contributed by atoms with E-state index < -0.39 is 5.97 Å². The molecule has 2 atom stereocenters. The fourth-order valence-corrected chi connectivity index (χ4v) is 2.04. The number of hydrogen-bond donors (Lipinski definition) is 1. The van der Waals surface area contributed by atoms with Crippen LogP contribution < -0.4 is 4.74 Å². The lowest BCUT2D eigenvalue weighted by Gasteiger charge is -2.10. The molecule has 0 bridgehead atoms. The first-order valence-electron chi connectivity index (χ1n) is 5.63. The van der Waals surface area contributed by atoms with Gasteiger partial charge in [0, 0.05) is 11.5 Å². The molecule has 1 N–H and O–H groups in total. The van der Waals surface area contributed by atoms with Crippen LogP contribution in [0.15, 0.2) is 24.3 Å². The van der Waals surface area contributed by atoms with Crippen LogP contribution in [0.25, 0.3) is 0 Å². The SMILES string of the molecule is CC(CCC1COc2ccccc21)C(=O)O. The fraction of sp³-hybridized carbons (Fsp3) is 0.462. The zero-order valence-corrected chi connectivity index (χ0v) is 9.35. The number of benzene rings is 1. The molecule has 1 aromatic rings. The number of carboxylic acids is 1. The molecule has 0 radical (unpaired) electrons. The second-order valence-electron chi connectivity index (χ2n) is 4.36. The molecule has 0 aromatic heterocycles. The molecule has 1 aliphatic rings. The molecular weight excluding hydrogens is 204 g/mol. The second-order valence-corrected chi connectivity index (χ2v) is 4.36. The van der Waals surface area contributed by atoms with Crippen molar-refractivity contribution in [3.8, 4) is 5.75 Å². The molecule has 16 heavy (non-hydrogen) atoms. The average Bonchev–Trinajstić information content (AvgIpc) is 2.69. The summed E-state index contributed by atoms with van der Waals surface area (Å²) >= 11 is 0. The fourth-order valence-electron chi connectivity index (χ4n) is 2.04. The summed E-state index contributed by atoms with van der Waals surface area (Å²) in [5, 5.41) is 8.82. The summed E-state index contributed by atoms with van der Waals surface area (Å²) < 4.78 is 5.56. The lowest BCUT2D eigenvalue weighted by atomic mass is 9.92. The first-order chi connectivity index (χ1) is 7.68. The minimum absolute atomic E-state index is 0.271. The van der Waals surface area contributed by atoms with Crippen LogP contribution >= 0.6 is 0 Å². The second kappa shape index (κ2) is 4.56. The summed E-state index contributed by atoms with van der Waals surface area (Å²) in [7, 11) is 0. The summed E-state index contributed by atoms with van der Waals surface area (Å²) in [5.41, 5.74) is 1.22. The Labute approximate surface area is 95.0 Å². The normalized spacial score (nSPS) is 19.9. The van der Waals surface area contributed by atoms with E-state index in [9.17, 15) is 4.79 Å². The molecule has 3 nitrogen and oxygen atoms in total. The lowest BCUT2D eigenvalue weighted by molar-refractivity contribution is -0.141. The zero-order valence-electron chi connectivity index (χ0n) is 9.35. The van der Waals surface area contributed by atoms with Gasteiger partial charge in [0.2, 0.25) is 0 Å². The quantitative estimate of drug-likeness (QED) is 0.848. The molecule has 86 valence electrons. The van der Waals surface area contributed by atoms with Gasteiger partial charge in [-0.1, -0.05) is 25.1 Å². The third-order valence-electron chi connectivity index (χ3n) is 3.17. The topological polar surface area (TPSA) is 46.5 Å². The highest BCUT2D eigenvalue weighted by atomic mass is 16.5. The van der Waals surface area contributed by atoms with Crippen LogP contribution in [0.5, 0.6) is 5.75 Å². The Balaban J connectivity index is 1.96. The van der Waals surface area contributed by atoms with Crippen molar-refractivity contribution in [2.75, 3.05) is 6.61 Å². The van der Waals surface area contributed by atoms with E-state index in [0.717, 1.165) is 12.2 Å². The van der Waals surface area contributed by atoms with Crippen molar-refractivity contribution in [2.24, 2.45) is 5.92 Å². The van der Waals surface area contributed by atoms with Crippen molar-refractivity contribution in [2.45, 2.75) is 25.7 Å². The third kappa shape index (κ3) is 2.18. The van der Waals surface area contributed by atoms with Gasteiger partial charge in [-0.15, -0.1) is 0 Å². The van der Waals surface area contributed by atoms with Crippen LogP contribution in [0, 0.1) is 5.92 Å². The highest BCUT2D eigenvalue weighted by molar-refractivity contribution is 5.69. The van der Waals surface area contributed by atoms with Crippen LogP contribution in [0.4, 0.5) is 0 Å². The predicted molar refractivity (Wildman–Crippen MR) is 60.7 cm³/mol. The molecule has 1 aliphatic heterocycles. The Morgan fingerprint density at radius 3 is 3.06 bits per heavy atom. The predicted octanol–water partition coefficient (Wildman–Crippen LogP) is 2.66. The van der Waals surface area contributed by atoms with Crippen molar-refractivity contribution in [3.63, 3.8) is 0 Å². The molecular formula is C13H16O3. The van der Waals surface area contributed by atoms with Crippen molar-refractivity contribution >= 4 is 5.97 Å². The molecule has 3 heteroatoms. The molecule has 0 fully saturated rings. The molecule has 2 rings (SSSR count). The Bertz CT molecular complexity index is 387. The van der Waals surface area contributed by atoms with Crippen LogP contribution in [0.1, 0.15) is 31.2 Å². The van der Waals surface area contributed by atoms with Crippen LogP contribution in [0.3, 0.4) is 0 Å². The van der Waals surface area contributed by atoms with Crippen molar-refractivity contribution < 1.29 is 14.6 Å². The van der Waals surface area contributed by atoms with Gasteiger partial charge in [-0.2, -0.15) is 0 Å². The highest BCUT2D eigenvalue weighted by Gasteiger charge is 2.24. The molecule has 1 aromatic carbocycles. The zero-order chi connectivity index (χ0) is 11.5. The number of rotatable bonds is 4. The monoisotopic (exact) mass is 220 g/mol. The number of aliphatic carboxylic acids is 1. The van der Waals surface area contributed by atoms with E-state index in [1.165, 1.54) is 5.56 Å². The lowest BCUT2D eigenvalue weighted by Crippen LogP contribution is -2.11. The minimum Gasteiger partial charge on any atom is -0.493 e. The Hall–Kier alpha value is -1.51. The smallest absolute Gasteiger partial charge is 0.306 e. The van der Waals surface area contributed by atoms with Gasteiger partial charge < -0.3 is 9.84 Å².